The highest BCUT2D eigenvalue weighted by Crippen LogP contribution is 2.21. The summed E-state index contributed by atoms with van der Waals surface area (Å²) >= 11 is 0. The number of aliphatic hydroxyl groups excluding tert-OH is 1. The molecule has 1 fully saturated rings. The van der Waals surface area contributed by atoms with E-state index in [1.165, 1.54) is 12.1 Å². The lowest BCUT2D eigenvalue weighted by Crippen LogP contribution is -2.40. The van der Waals surface area contributed by atoms with Crippen LogP contribution in [0.1, 0.15) is 38.4 Å². The third-order valence-corrected chi connectivity index (χ3v) is 5.56. The molecule has 1 saturated heterocycles. The highest BCUT2D eigenvalue weighted by molar-refractivity contribution is 7.89. The molecular formula is C15H23NO4S. The number of hydrogen-bond acceptors (Lipinski definition) is 4. The van der Waals surface area contributed by atoms with Gasteiger partial charge in [-0.1, -0.05) is 12.1 Å². The zero-order valence-electron chi connectivity index (χ0n) is 12.5. The largest absolute Gasteiger partial charge is 0.389 e. The maximum atomic E-state index is 12.4. The number of ether oxygens (including phenoxy) is 1. The summed E-state index contributed by atoms with van der Waals surface area (Å²) in [6.07, 6.45) is 1.16. The number of nitrogens with one attached hydrogen (secondary N) is 1. The summed E-state index contributed by atoms with van der Waals surface area (Å²) in [5.74, 6) is 0.310. The second-order valence-corrected chi connectivity index (χ2v) is 7.32. The van der Waals surface area contributed by atoms with Gasteiger partial charge in [0.15, 0.2) is 0 Å². The van der Waals surface area contributed by atoms with E-state index in [4.69, 9.17) is 4.74 Å². The van der Waals surface area contributed by atoms with E-state index in [1.807, 2.05) is 6.92 Å². The van der Waals surface area contributed by atoms with Gasteiger partial charge >= 0.3 is 0 Å². The van der Waals surface area contributed by atoms with E-state index in [1.54, 1.807) is 19.1 Å². The molecule has 1 aromatic carbocycles. The van der Waals surface area contributed by atoms with Crippen LogP contribution in [-0.4, -0.2) is 32.8 Å². The fourth-order valence-corrected chi connectivity index (χ4v) is 3.86. The van der Waals surface area contributed by atoms with Crippen LogP contribution in [-0.2, 0) is 14.8 Å². The zero-order chi connectivity index (χ0) is 15.5. The number of rotatable bonds is 5. The van der Waals surface area contributed by atoms with Gasteiger partial charge < -0.3 is 9.84 Å². The average molecular weight is 313 g/mol. The van der Waals surface area contributed by atoms with Crippen molar-refractivity contribution in [2.45, 2.75) is 43.7 Å². The number of aliphatic hydroxyl groups is 1. The van der Waals surface area contributed by atoms with Crippen LogP contribution in [0.2, 0.25) is 0 Å². The summed E-state index contributed by atoms with van der Waals surface area (Å²) in [6.45, 7) is 4.94. The molecule has 2 rings (SSSR count). The van der Waals surface area contributed by atoms with Crippen LogP contribution >= 0.6 is 0 Å². The highest BCUT2D eigenvalue weighted by Gasteiger charge is 2.25. The van der Waals surface area contributed by atoms with Crippen molar-refractivity contribution in [3.8, 4) is 0 Å². The fourth-order valence-electron chi connectivity index (χ4n) is 2.55. The third kappa shape index (κ3) is 4.26. The van der Waals surface area contributed by atoms with Crippen LogP contribution in [0, 0.1) is 5.92 Å². The lowest BCUT2D eigenvalue weighted by Gasteiger charge is -2.28. The molecule has 0 saturated carbocycles. The molecule has 2 atom stereocenters. The van der Waals surface area contributed by atoms with Crippen molar-refractivity contribution in [3.05, 3.63) is 29.8 Å². The first-order valence-corrected chi connectivity index (χ1v) is 8.76. The van der Waals surface area contributed by atoms with E-state index in [-0.39, 0.29) is 10.9 Å². The van der Waals surface area contributed by atoms with E-state index in [2.05, 4.69) is 4.72 Å². The van der Waals surface area contributed by atoms with Crippen LogP contribution in [0.25, 0.3) is 0 Å². The van der Waals surface area contributed by atoms with Gasteiger partial charge in [-0.05, 0) is 50.3 Å². The van der Waals surface area contributed by atoms with Gasteiger partial charge in [0.25, 0.3) is 0 Å². The standard InChI is InChI=1S/C15H23NO4S/c1-11(13-7-9-20-10-8-13)16-21(18,19)15-5-3-14(4-6-15)12(2)17/h3-6,11-13,16-17H,7-10H2,1-2H3. The molecule has 1 heterocycles. The Morgan fingerprint density at radius 3 is 2.29 bits per heavy atom. The SMILES string of the molecule is CC(O)c1ccc(S(=O)(=O)NC(C)C2CCOCC2)cc1. The Morgan fingerprint density at radius 1 is 1.19 bits per heavy atom. The Hall–Kier alpha value is -0.950. The van der Waals surface area contributed by atoms with Crippen molar-refractivity contribution in [1.29, 1.82) is 0 Å². The fraction of sp³-hybridized carbons (Fsp3) is 0.600. The van der Waals surface area contributed by atoms with Crippen LogP contribution in [0.3, 0.4) is 0 Å². The first kappa shape index (κ1) is 16.4. The van der Waals surface area contributed by atoms with Crippen LogP contribution in [0.15, 0.2) is 29.2 Å². The van der Waals surface area contributed by atoms with Gasteiger partial charge in [-0.15, -0.1) is 0 Å². The van der Waals surface area contributed by atoms with Gasteiger partial charge in [-0.3, -0.25) is 0 Å². The molecule has 2 N–H and O–H groups in total. The van der Waals surface area contributed by atoms with Gasteiger partial charge in [0.05, 0.1) is 11.0 Å². The molecule has 0 amide bonds. The first-order valence-electron chi connectivity index (χ1n) is 7.28. The van der Waals surface area contributed by atoms with E-state index >= 15 is 0 Å². The molecule has 0 radical (unpaired) electrons. The molecule has 0 spiro atoms. The van der Waals surface area contributed by atoms with Crippen molar-refractivity contribution < 1.29 is 18.3 Å². The molecular weight excluding hydrogens is 290 g/mol. The zero-order valence-corrected chi connectivity index (χ0v) is 13.3. The molecule has 0 bridgehead atoms. The van der Waals surface area contributed by atoms with E-state index in [9.17, 15) is 13.5 Å². The Labute approximate surface area is 126 Å². The predicted molar refractivity (Wildman–Crippen MR) is 80.4 cm³/mol. The average Bonchev–Trinajstić information content (AvgIpc) is 2.48. The minimum atomic E-state index is -3.52. The van der Waals surface area contributed by atoms with Crippen molar-refractivity contribution in [2.75, 3.05) is 13.2 Å². The molecule has 2 unspecified atom stereocenters. The minimum absolute atomic E-state index is 0.115. The second kappa shape index (κ2) is 6.87. The molecule has 5 nitrogen and oxygen atoms in total. The minimum Gasteiger partial charge on any atom is -0.389 e. The van der Waals surface area contributed by atoms with Crippen molar-refractivity contribution in [1.82, 2.24) is 4.72 Å². The van der Waals surface area contributed by atoms with Crippen LogP contribution in [0.4, 0.5) is 0 Å². The van der Waals surface area contributed by atoms with Crippen molar-refractivity contribution in [2.24, 2.45) is 5.92 Å². The quantitative estimate of drug-likeness (QED) is 0.869. The monoisotopic (exact) mass is 313 g/mol. The second-order valence-electron chi connectivity index (χ2n) is 5.60. The smallest absolute Gasteiger partial charge is 0.240 e. The predicted octanol–water partition coefficient (Wildman–Crippen LogP) is 1.83. The third-order valence-electron chi connectivity index (χ3n) is 3.99. The summed E-state index contributed by atoms with van der Waals surface area (Å²) in [5, 5.41) is 9.46. The van der Waals surface area contributed by atoms with E-state index < -0.39 is 16.1 Å². The van der Waals surface area contributed by atoms with Gasteiger partial charge in [-0.2, -0.15) is 0 Å². The summed E-state index contributed by atoms with van der Waals surface area (Å²) in [6, 6.07) is 6.22. The first-order chi connectivity index (χ1) is 9.90. The molecule has 1 aliphatic heterocycles. The van der Waals surface area contributed by atoms with Crippen LogP contribution < -0.4 is 4.72 Å². The maximum absolute atomic E-state index is 12.4. The summed E-state index contributed by atoms with van der Waals surface area (Å²) in [5.41, 5.74) is 0.700. The topological polar surface area (TPSA) is 75.6 Å². The van der Waals surface area contributed by atoms with Gasteiger partial charge in [-0.25, -0.2) is 13.1 Å². The lowest BCUT2D eigenvalue weighted by molar-refractivity contribution is 0.0585. The van der Waals surface area contributed by atoms with Gasteiger partial charge in [0, 0.05) is 19.3 Å². The van der Waals surface area contributed by atoms with Crippen LogP contribution in [0.5, 0.6) is 0 Å². The Morgan fingerprint density at radius 2 is 1.76 bits per heavy atom. The van der Waals surface area contributed by atoms with Gasteiger partial charge in [0.1, 0.15) is 0 Å². The molecule has 0 aromatic heterocycles. The number of benzene rings is 1. The molecule has 1 aliphatic rings. The van der Waals surface area contributed by atoms with E-state index in [0.717, 1.165) is 12.8 Å². The maximum Gasteiger partial charge on any atom is 0.240 e. The summed E-state index contributed by atoms with van der Waals surface area (Å²) in [4.78, 5) is 0.228. The molecule has 0 aliphatic carbocycles. The Bertz CT molecular complexity index is 548. The summed E-state index contributed by atoms with van der Waals surface area (Å²) in [7, 11) is -3.52. The summed E-state index contributed by atoms with van der Waals surface area (Å²) < 4.78 is 32.8. The van der Waals surface area contributed by atoms with Crippen molar-refractivity contribution in [3.63, 3.8) is 0 Å². The normalized spacial score (nSPS) is 20.1. The number of sulfonamides is 1. The van der Waals surface area contributed by atoms with Crippen molar-refractivity contribution >= 4 is 10.0 Å². The van der Waals surface area contributed by atoms with Gasteiger partial charge in [0.2, 0.25) is 10.0 Å². The Balaban J connectivity index is 2.06. The van der Waals surface area contributed by atoms with E-state index in [0.29, 0.717) is 24.7 Å². The number of hydrogen-bond donors (Lipinski definition) is 2. The molecule has 118 valence electrons. The molecule has 1 aromatic rings. The lowest BCUT2D eigenvalue weighted by atomic mass is 9.94. The Kier molecular flexibility index (Phi) is 5.37. The highest BCUT2D eigenvalue weighted by atomic mass is 32.2. The molecule has 6 heteroatoms. The molecule has 21 heavy (non-hydrogen) atoms.